The largest absolute Gasteiger partial charge is 0.448 e. The summed E-state index contributed by atoms with van der Waals surface area (Å²) in [6, 6.07) is 10.8. The third-order valence-corrected chi connectivity index (χ3v) is 5.78. The van der Waals surface area contributed by atoms with Crippen LogP contribution in [0, 0.1) is 5.82 Å². The molecule has 0 radical (unpaired) electrons. The Hall–Kier alpha value is -4.74. The van der Waals surface area contributed by atoms with Crippen LogP contribution in [0.5, 0.6) is 5.75 Å². The number of ether oxygens (including phenoxy) is 1. The minimum atomic E-state index is -0.672. The molecule has 1 saturated heterocycles. The van der Waals surface area contributed by atoms with Gasteiger partial charge in [-0.15, -0.1) is 0 Å². The number of fused-ring (bicyclic) bond motifs is 1. The summed E-state index contributed by atoms with van der Waals surface area (Å²) in [7, 11) is 0. The fourth-order valence-corrected chi connectivity index (χ4v) is 3.84. The summed E-state index contributed by atoms with van der Waals surface area (Å²) in [4.78, 5) is 39.8. The van der Waals surface area contributed by atoms with E-state index in [1.807, 2.05) is 29.2 Å². The summed E-state index contributed by atoms with van der Waals surface area (Å²) < 4.78 is 19.7. The normalized spacial score (nSPS) is 15.1. The molecule has 1 fully saturated rings. The number of piperazine rings is 1. The summed E-state index contributed by atoms with van der Waals surface area (Å²) in [5, 5.41) is 8.42. The number of carbonyl (C=O) groups excluding carboxylic acids is 2. The molecule has 36 heavy (non-hydrogen) atoms. The van der Waals surface area contributed by atoms with Crippen LogP contribution in [-0.4, -0.2) is 57.8 Å². The van der Waals surface area contributed by atoms with Gasteiger partial charge in [-0.25, -0.2) is 14.4 Å². The number of nitrogens with zero attached hydrogens (tertiary/aromatic N) is 5. The van der Waals surface area contributed by atoms with Gasteiger partial charge in [0, 0.05) is 44.5 Å². The number of halogens is 1. The molecule has 184 valence electrons. The highest BCUT2D eigenvalue weighted by atomic mass is 19.1. The highest BCUT2D eigenvalue weighted by Crippen LogP contribution is 2.31. The third-order valence-electron chi connectivity index (χ3n) is 5.78. The van der Waals surface area contributed by atoms with Gasteiger partial charge in [0.05, 0.1) is 6.20 Å². The second-order valence-electron chi connectivity index (χ2n) is 8.20. The SMILES string of the molecule is C=C1Oc2ccc(Nc3nc(Nc4ccc(N5CCN(C(C)=O)CC5)cc4)ncc3F)nc2NC1=O. The average molecular weight is 490 g/mol. The molecule has 4 heterocycles. The van der Waals surface area contributed by atoms with Crippen molar-refractivity contribution in [3.63, 3.8) is 0 Å². The Morgan fingerprint density at radius 1 is 1.08 bits per heavy atom. The molecule has 0 spiro atoms. The van der Waals surface area contributed by atoms with E-state index in [0.717, 1.165) is 30.7 Å². The second kappa shape index (κ2) is 9.49. The van der Waals surface area contributed by atoms with Gasteiger partial charge < -0.3 is 30.5 Å². The van der Waals surface area contributed by atoms with Crippen LogP contribution >= 0.6 is 0 Å². The third kappa shape index (κ3) is 4.87. The van der Waals surface area contributed by atoms with Gasteiger partial charge in [0.25, 0.3) is 5.91 Å². The predicted octanol–water partition coefficient (Wildman–Crippen LogP) is 3.01. The van der Waals surface area contributed by atoms with E-state index >= 15 is 0 Å². The highest BCUT2D eigenvalue weighted by Gasteiger charge is 2.22. The molecule has 12 heteroatoms. The Morgan fingerprint density at radius 2 is 1.83 bits per heavy atom. The lowest BCUT2D eigenvalue weighted by Crippen LogP contribution is -2.48. The standard InChI is InChI=1S/C24H23FN8O3/c1-14-23(35)30-22-19(36-14)7-8-20(29-22)28-21-18(25)13-26-24(31-21)27-16-3-5-17(6-4-16)33-11-9-32(10-12-33)15(2)34/h3-8,13H,1,9-12H2,2H3,(H3,26,27,28,29,30,31,35). The zero-order valence-corrected chi connectivity index (χ0v) is 19.4. The molecular formula is C24H23FN8O3. The molecule has 0 saturated carbocycles. The topological polar surface area (TPSA) is 125 Å². The van der Waals surface area contributed by atoms with Gasteiger partial charge in [-0.3, -0.25) is 9.59 Å². The minimum absolute atomic E-state index is 0.0360. The summed E-state index contributed by atoms with van der Waals surface area (Å²) in [5.41, 5.74) is 1.77. The van der Waals surface area contributed by atoms with Gasteiger partial charge in [0.1, 0.15) is 5.82 Å². The molecule has 3 N–H and O–H groups in total. The number of nitrogens with one attached hydrogen (secondary N) is 3. The summed E-state index contributed by atoms with van der Waals surface area (Å²) in [6.07, 6.45) is 1.05. The van der Waals surface area contributed by atoms with Crippen LogP contribution in [0.2, 0.25) is 0 Å². The van der Waals surface area contributed by atoms with Crippen molar-refractivity contribution in [3.8, 4) is 5.75 Å². The van der Waals surface area contributed by atoms with Crippen molar-refractivity contribution < 1.29 is 18.7 Å². The first-order chi connectivity index (χ1) is 17.4. The second-order valence-corrected chi connectivity index (χ2v) is 8.20. The van der Waals surface area contributed by atoms with E-state index in [1.165, 1.54) is 0 Å². The van der Waals surface area contributed by atoms with Gasteiger partial charge in [0.2, 0.25) is 11.9 Å². The Balaban J connectivity index is 1.25. The quantitative estimate of drug-likeness (QED) is 0.463. The molecule has 0 bridgehead atoms. The molecule has 2 aliphatic rings. The van der Waals surface area contributed by atoms with E-state index in [-0.39, 0.29) is 35.1 Å². The van der Waals surface area contributed by atoms with Crippen LogP contribution < -0.4 is 25.6 Å². The summed E-state index contributed by atoms with van der Waals surface area (Å²) in [5.74, 6) is -0.247. The lowest BCUT2D eigenvalue weighted by Gasteiger charge is -2.35. The number of benzene rings is 1. The fraction of sp³-hybridized carbons (Fsp3) is 0.208. The number of rotatable bonds is 5. The van der Waals surface area contributed by atoms with E-state index < -0.39 is 11.7 Å². The molecule has 2 aromatic heterocycles. The summed E-state index contributed by atoms with van der Waals surface area (Å²) in [6.45, 7) is 8.03. The smallest absolute Gasteiger partial charge is 0.292 e. The van der Waals surface area contributed by atoms with Crippen LogP contribution in [0.15, 0.2) is 54.9 Å². The molecule has 0 atom stereocenters. The van der Waals surface area contributed by atoms with E-state index in [2.05, 4.69) is 42.4 Å². The molecule has 1 aromatic carbocycles. The molecule has 3 aromatic rings. The van der Waals surface area contributed by atoms with Crippen LogP contribution in [-0.2, 0) is 9.59 Å². The van der Waals surface area contributed by atoms with Crippen molar-refractivity contribution in [2.45, 2.75) is 6.92 Å². The zero-order chi connectivity index (χ0) is 25.2. The van der Waals surface area contributed by atoms with Gasteiger partial charge in [-0.2, -0.15) is 4.98 Å². The molecule has 2 aliphatic heterocycles. The monoisotopic (exact) mass is 490 g/mol. The van der Waals surface area contributed by atoms with Crippen molar-refractivity contribution >= 4 is 46.6 Å². The maximum atomic E-state index is 14.4. The first kappa shape index (κ1) is 23.0. The molecule has 2 amide bonds. The summed E-state index contributed by atoms with van der Waals surface area (Å²) >= 11 is 0. The average Bonchev–Trinajstić information content (AvgIpc) is 2.87. The number of aromatic nitrogens is 3. The number of hydrogen-bond acceptors (Lipinski definition) is 9. The molecule has 5 rings (SSSR count). The van der Waals surface area contributed by atoms with Crippen molar-refractivity contribution in [2.24, 2.45) is 0 Å². The number of hydrogen-bond donors (Lipinski definition) is 3. The highest BCUT2D eigenvalue weighted by molar-refractivity contribution is 6.04. The van der Waals surface area contributed by atoms with E-state index in [0.29, 0.717) is 18.8 Å². The van der Waals surface area contributed by atoms with E-state index in [9.17, 15) is 14.0 Å². The number of amides is 2. The van der Waals surface area contributed by atoms with E-state index in [4.69, 9.17) is 4.74 Å². The van der Waals surface area contributed by atoms with Crippen molar-refractivity contribution in [2.75, 3.05) is 47.0 Å². The molecule has 11 nitrogen and oxygen atoms in total. The molecule has 0 unspecified atom stereocenters. The van der Waals surface area contributed by atoms with Crippen molar-refractivity contribution in [3.05, 3.63) is 60.8 Å². The first-order valence-corrected chi connectivity index (χ1v) is 11.2. The predicted molar refractivity (Wildman–Crippen MR) is 132 cm³/mol. The Morgan fingerprint density at radius 3 is 2.56 bits per heavy atom. The van der Waals surface area contributed by atoms with Crippen molar-refractivity contribution in [1.82, 2.24) is 19.9 Å². The maximum absolute atomic E-state index is 14.4. The fourth-order valence-electron chi connectivity index (χ4n) is 3.84. The van der Waals surface area contributed by atoms with Gasteiger partial charge >= 0.3 is 0 Å². The van der Waals surface area contributed by atoms with Crippen LogP contribution in [0.3, 0.4) is 0 Å². The zero-order valence-electron chi connectivity index (χ0n) is 19.4. The van der Waals surface area contributed by atoms with Crippen LogP contribution in [0.4, 0.5) is 39.2 Å². The van der Waals surface area contributed by atoms with Crippen LogP contribution in [0.25, 0.3) is 0 Å². The molecular weight excluding hydrogens is 467 g/mol. The van der Waals surface area contributed by atoms with E-state index in [1.54, 1.807) is 19.1 Å². The number of pyridine rings is 1. The lowest BCUT2D eigenvalue weighted by molar-refractivity contribution is -0.129. The minimum Gasteiger partial charge on any atom is -0.448 e. The molecule has 0 aliphatic carbocycles. The van der Waals surface area contributed by atoms with Crippen LogP contribution in [0.1, 0.15) is 6.92 Å². The Kier molecular flexibility index (Phi) is 6.07. The van der Waals surface area contributed by atoms with Gasteiger partial charge in [-0.05, 0) is 36.4 Å². The number of anilines is 6. The maximum Gasteiger partial charge on any atom is 0.292 e. The lowest BCUT2D eigenvalue weighted by atomic mass is 10.2. The van der Waals surface area contributed by atoms with Gasteiger partial charge in [-0.1, -0.05) is 6.58 Å². The Bertz CT molecular complexity index is 1340. The van der Waals surface area contributed by atoms with Gasteiger partial charge in [0.15, 0.2) is 29.0 Å². The van der Waals surface area contributed by atoms with Crippen molar-refractivity contribution in [1.29, 1.82) is 0 Å². The number of carbonyl (C=O) groups is 2. The first-order valence-electron chi connectivity index (χ1n) is 11.2. The Labute approximate surface area is 206 Å².